The van der Waals surface area contributed by atoms with Crippen molar-refractivity contribution in [2.24, 2.45) is 5.73 Å². The van der Waals surface area contributed by atoms with Crippen LogP contribution in [0.1, 0.15) is 0 Å². The lowest BCUT2D eigenvalue weighted by molar-refractivity contribution is -0.118. The highest BCUT2D eigenvalue weighted by Crippen LogP contribution is 2.27. The van der Waals surface area contributed by atoms with Gasteiger partial charge in [-0.25, -0.2) is 0 Å². The van der Waals surface area contributed by atoms with Gasteiger partial charge in [0.25, 0.3) is 0 Å². The Morgan fingerprint density at radius 3 is 3.11 bits per heavy atom. The summed E-state index contributed by atoms with van der Waals surface area (Å²) in [6, 6.07) is 5.50. The minimum absolute atomic E-state index is 0.0498. The number of halogens is 1. The number of amides is 1. The van der Waals surface area contributed by atoms with Gasteiger partial charge in [0, 0.05) is 22.2 Å². The number of rotatable bonds is 3. The molecule has 0 aliphatic heterocycles. The van der Waals surface area contributed by atoms with Gasteiger partial charge in [-0.3, -0.25) is 14.6 Å². The Bertz CT molecular complexity index is 760. The molecule has 0 radical (unpaired) electrons. The highest BCUT2D eigenvalue weighted by Gasteiger charge is 2.11. The summed E-state index contributed by atoms with van der Waals surface area (Å²) >= 11 is 5.92. The average Bonchev–Trinajstić information content (AvgIpc) is 2.93. The second-order valence-corrected chi connectivity index (χ2v) is 4.59. The molecule has 0 aliphatic rings. The number of aromatic nitrogens is 4. The number of benzene rings is 1. The smallest absolute Gasteiger partial charge is 0.239 e. The fourth-order valence-corrected chi connectivity index (χ4v) is 2.12. The fraction of sp³-hybridized carbons (Fsp3) is 0.0833. The number of nitrogens with one attached hydrogen (secondary N) is 1. The van der Waals surface area contributed by atoms with Gasteiger partial charge in [-0.2, -0.15) is 10.2 Å². The van der Waals surface area contributed by atoms with Crippen LogP contribution in [-0.4, -0.2) is 25.9 Å². The van der Waals surface area contributed by atoms with E-state index in [1.54, 1.807) is 24.5 Å². The first-order valence-corrected chi connectivity index (χ1v) is 5.96. The van der Waals surface area contributed by atoms with E-state index in [-0.39, 0.29) is 6.54 Å². The third kappa shape index (κ3) is 2.17. The zero-order valence-corrected chi connectivity index (χ0v) is 10.6. The lowest BCUT2D eigenvalue weighted by atomic mass is 10.1. The van der Waals surface area contributed by atoms with E-state index in [2.05, 4.69) is 15.3 Å². The molecule has 0 aliphatic carbocycles. The molecule has 3 aromatic rings. The molecular formula is C12H10ClN5O. The topological polar surface area (TPSA) is 89.6 Å². The van der Waals surface area contributed by atoms with E-state index in [4.69, 9.17) is 17.3 Å². The van der Waals surface area contributed by atoms with Crippen LogP contribution in [0, 0.1) is 0 Å². The Labute approximate surface area is 113 Å². The molecule has 0 unspecified atom stereocenters. The standard InChI is InChI=1S/C12H10ClN5O/c13-8-1-2-9-10(3-8)16-17-12(9)7-4-15-18(5-7)6-11(14)19/h1-5H,6H2,(H2,14,19)(H,16,17). The van der Waals surface area contributed by atoms with Crippen LogP contribution in [0.25, 0.3) is 22.2 Å². The normalized spacial score (nSPS) is 11.0. The summed E-state index contributed by atoms with van der Waals surface area (Å²) in [5.74, 6) is -0.437. The molecule has 0 saturated carbocycles. The average molecular weight is 276 g/mol. The van der Waals surface area contributed by atoms with Crippen LogP contribution in [0.5, 0.6) is 0 Å². The van der Waals surface area contributed by atoms with E-state index in [0.717, 1.165) is 22.2 Å². The molecule has 0 spiro atoms. The maximum Gasteiger partial charge on any atom is 0.239 e. The van der Waals surface area contributed by atoms with Crippen molar-refractivity contribution < 1.29 is 4.79 Å². The number of fused-ring (bicyclic) bond motifs is 1. The van der Waals surface area contributed by atoms with Crippen LogP contribution in [0.4, 0.5) is 0 Å². The molecule has 1 aromatic carbocycles. The third-order valence-corrected chi connectivity index (χ3v) is 2.98. The van der Waals surface area contributed by atoms with Gasteiger partial charge in [0.05, 0.1) is 11.7 Å². The van der Waals surface area contributed by atoms with E-state index >= 15 is 0 Å². The summed E-state index contributed by atoms with van der Waals surface area (Å²) in [5, 5.41) is 12.8. The van der Waals surface area contributed by atoms with Crippen molar-refractivity contribution in [3.8, 4) is 11.3 Å². The Hall–Kier alpha value is -2.34. The predicted molar refractivity (Wildman–Crippen MR) is 71.5 cm³/mol. The summed E-state index contributed by atoms with van der Waals surface area (Å²) in [4.78, 5) is 10.8. The molecule has 2 heterocycles. The number of aromatic amines is 1. The quantitative estimate of drug-likeness (QED) is 0.760. The lowest BCUT2D eigenvalue weighted by Crippen LogP contribution is -2.18. The summed E-state index contributed by atoms with van der Waals surface area (Å²) in [6.07, 6.45) is 3.38. The fourth-order valence-electron chi connectivity index (χ4n) is 1.94. The van der Waals surface area contributed by atoms with Crippen LogP contribution >= 0.6 is 11.6 Å². The largest absolute Gasteiger partial charge is 0.368 e. The number of carbonyl (C=O) groups excluding carboxylic acids is 1. The Balaban J connectivity index is 2.04. The van der Waals surface area contributed by atoms with Crippen LogP contribution in [-0.2, 0) is 11.3 Å². The SMILES string of the molecule is NC(=O)Cn1cc(-c2n[nH]c3cc(Cl)ccc23)cn1. The molecule has 3 rings (SSSR count). The maximum atomic E-state index is 10.8. The van der Waals surface area contributed by atoms with Crippen molar-refractivity contribution in [3.63, 3.8) is 0 Å². The maximum absolute atomic E-state index is 10.8. The number of nitrogens with two attached hydrogens (primary N) is 1. The van der Waals surface area contributed by atoms with Crippen LogP contribution in [0.3, 0.4) is 0 Å². The van der Waals surface area contributed by atoms with E-state index < -0.39 is 5.91 Å². The van der Waals surface area contributed by atoms with Gasteiger partial charge in [-0.15, -0.1) is 0 Å². The van der Waals surface area contributed by atoms with Gasteiger partial charge >= 0.3 is 0 Å². The molecule has 6 nitrogen and oxygen atoms in total. The van der Waals surface area contributed by atoms with E-state index in [1.165, 1.54) is 4.68 Å². The second-order valence-electron chi connectivity index (χ2n) is 4.16. The van der Waals surface area contributed by atoms with Gasteiger partial charge in [-0.05, 0) is 18.2 Å². The molecular weight excluding hydrogens is 266 g/mol. The molecule has 0 fully saturated rings. The lowest BCUT2D eigenvalue weighted by Gasteiger charge is -1.95. The molecule has 0 atom stereocenters. The number of hydrogen-bond donors (Lipinski definition) is 2. The number of nitrogens with zero attached hydrogens (tertiary/aromatic N) is 3. The minimum atomic E-state index is -0.437. The number of hydrogen-bond acceptors (Lipinski definition) is 3. The zero-order valence-electron chi connectivity index (χ0n) is 9.80. The van der Waals surface area contributed by atoms with Crippen LogP contribution in [0.2, 0.25) is 5.02 Å². The van der Waals surface area contributed by atoms with E-state index in [0.29, 0.717) is 5.02 Å². The van der Waals surface area contributed by atoms with Crippen molar-refractivity contribution in [3.05, 3.63) is 35.6 Å². The van der Waals surface area contributed by atoms with Gasteiger partial charge in [0.1, 0.15) is 12.2 Å². The monoisotopic (exact) mass is 275 g/mol. The molecule has 19 heavy (non-hydrogen) atoms. The molecule has 0 saturated heterocycles. The Morgan fingerprint density at radius 2 is 2.32 bits per heavy atom. The number of primary amides is 1. The van der Waals surface area contributed by atoms with Gasteiger partial charge in [0.15, 0.2) is 0 Å². The summed E-state index contributed by atoms with van der Waals surface area (Å²) in [6.45, 7) is 0.0498. The molecule has 3 N–H and O–H groups in total. The summed E-state index contributed by atoms with van der Waals surface area (Å²) in [7, 11) is 0. The first kappa shape index (κ1) is 11.7. The Kier molecular flexibility index (Phi) is 2.72. The molecule has 1 amide bonds. The Morgan fingerprint density at radius 1 is 1.47 bits per heavy atom. The second kappa shape index (κ2) is 4.40. The van der Waals surface area contributed by atoms with Gasteiger partial charge in [0.2, 0.25) is 5.91 Å². The summed E-state index contributed by atoms with van der Waals surface area (Å²) < 4.78 is 1.48. The van der Waals surface area contributed by atoms with E-state index in [9.17, 15) is 4.79 Å². The number of carbonyl (C=O) groups is 1. The number of H-pyrrole nitrogens is 1. The highest BCUT2D eigenvalue weighted by atomic mass is 35.5. The van der Waals surface area contributed by atoms with Gasteiger partial charge in [-0.1, -0.05) is 11.6 Å². The zero-order chi connectivity index (χ0) is 13.4. The van der Waals surface area contributed by atoms with E-state index in [1.807, 2.05) is 6.07 Å². The van der Waals surface area contributed by atoms with Crippen molar-refractivity contribution in [1.29, 1.82) is 0 Å². The highest BCUT2D eigenvalue weighted by molar-refractivity contribution is 6.31. The van der Waals surface area contributed by atoms with Crippen molar-refractivity contribution in [1.82, 2.24) is 20.0 Å². The van der Waals surface area contributed by atoms with Crippen molar-refractivity contribution in [2.45, 2.75) is 6.54 Å². The molecule has 96 valence electrons. The van der Waals surface area contributed by atoms with Gasteiger partial charge < -0.3 is 5.73 Å². The summed E-state index contributed by atoms with van der Waals surface area (Å²) in [5.41, 5.74) is 7.56. The molecule has 0 bridgehead atoms. The van der Waals surface area contributed by atoms with Crippen LogP contribution in [0.15, 0.2) is 30.6 Å². The van der Waals surface area contributed by atoms with Crippen LogP contribution < -0.4 is 5.73 Å². The first-order valence-electron chi connectivity index (χ1n) is 5.58. The van der Waals surface area contributed by atoms with Crippen molar-refractivity contribution in [2.75, 3.05) is 0 Å². The molecule has 7 heteroatoms. The first-order chi connectivity index (χ1) is 9.13. The third-order valence-electron chi connectivity index (χ3n) is 2.75. The predicted octanol–water partition coefficient (Wildman–Crippen LogP) is 1.57. The molecule has 2 aromatic heterocycles. The van der Waals surface area contributed by atoms with Crippen molar-refractivity contribution >= 4 is 28.4 Å². The minimum Gasteiger partial charge on any atom is -0.368 e.